The van der Waals surface area contributed by atoms with Gasteiger partial charge in [0.15, 0.2) is 6.61 Å². The van der Waals surface area contributed by atoms with Gasteiger partial charge in [-0.15, -0.1) is 0 Å². The van der Waals surface area contributed by atoms with Gasteiger partial charge in [-0.1, -0.05) is 35.5 Å². The number of rotatable bonds is 6. The zero-order chi connectivity index (χ0) is 15.8. The standard InChI is InChI=1S/C17H25N3O2/c1-14-7-5-6-12-20(14)17(21)13-22-19-16(18)11-10-15-8-3-2-4-9-15/h2-4,8-9,14H,5-7,10-13H2,1H3,(H2,18,19). The minimum atomic E-state index is -0.0314. The Balaban J connectivity index is 1.70. The molecule has 0 bridgehead atoms. The summed E-state index contributed by atoms with van der Waals surface area (Å²) in [5.74, 6) is 0.412. The first-order chi connectivity index (χ1) is 10.7. The van der Waals surface area contributed by atoms with Crippen molar-refractivity contribution in [3.63, 3.8) is 0 Å². The van der Waals surface area contributed by atoms with Crippen molar-refractivity contribution in [2.75, 3.05) is 13.2 Å². The Morgan fingerprint density at radius 2 is 2.14 bits per heavy atom. The van der Waals surface area contributed by atoms with E-state index in [1.807, 2.05) is 23.1 Å². The molecule has 2 N–H and O–H groups in total. The van der Waals surface area contributed by atoms with Gasteiger partial charge in [0.2, 0.25) is 0 Å². The summed E-state index contributed by atoms with van der Waals surface area (Å²) in [5.41, 5.74) is 7.02. The van der Waals surface area contributed by atoms with Crippen molar-refractivity contribution in [3.8, 4) is 0 Å². The van der Waals surface area contributed by atoms with Crippen LogP contribution in [0.4, 0.5) is 0 Å². The summed E-state index contributed by atoms with van der Waals surface area (Å²) < 4.78 is 0. The minimum Gasteiger partial charge on any atom is -0.384 e. The number of amides is 1. The molecule has 0 aliphatic carbocycles. The molecule has 2 rings (SSSR count). The van der Waals surface area contributed by atoms with Crippen molar-refractivity contribution in [3.05, 3.63) is 35.9 Å². The molecule has 1 aromatic carbocycles. The number of nitrogens with zero attached hydrogens (tertiary/aromatic N) is 2. The summed E-state index contributed by atoms with van der Waals surface area (Å²) >= 11 is 0. The Morgan fingerprint density at radius 3 is 2.86 bits per heavy atom. The molecule has 1 aliphatic rings. The number of aryl methyl sites for hydroxylation is 1. The van der Waals surface area contributed by atoms with Crippen LogP contribution in [0, 0.1) is 0 Å². The van der Waals surface area contributed by atoms with E-state index in [0.29, 0.717) is 18.3 Å². The van der Waals surface area contributed by atoms with Gasteiger partial charge in [0, 0.05) is 19.0 Å². The molecule has 1 atom stereocenters. The molecular formula is C17H25N3O2. The molecule has 1 aliphatic heterocycles. The molecule has 0 saturated carbocycles. The van der Waals surface area contributed by atoms with Gasteiger partial charge >= 0.3 is 0 Å². The van der Waals surface area contributed by atoms with Crippen molar-refractivity contribution in [2.24, 2.45) is 10.9 Å². The molecule has 5 heteroatoms. The van der Waals surface area contributed by atoms with Crippen LogP contribution in [0.5, 0.6) is 0 Å². The number of nitrogens with two attached hydrogens (primary N) is 1. The Hall–Kier alpha value is -2.04. The lowest BCUT2D eigenvalue weighted by molar-refractivity contribution is -0.139. The van der Waals surface area contributed by atoms with Gasteiger partial charge in [-0.05, 0) is 38.2 Å². The molecule has 1 saturated heterocycles. The number of amidine groups is 1. The van der Waals surface area contributed by atoms with Crippen LogP contribution in [0.2, 0.25) is 0 Å². The smallest absolute Gasteiger partial charge is 0.263 e. The highest BCUT2D eigenvalue weighted by Gasteiger charge is 2.23. The second-order valence-corrected chi connectivity index (χ2v) is 5.77. The van der Waals surface area contributed by atoms with Crippen LogP contribution in [-0.4, -0.2) is 35.8 Å². The minimum absolute atomic E-state index is 0.00758. The Kier molecular flexibility index (Phi) is 6.25. The maximum Gasteiger partial charge on any atom is 0.263 e. The third-order valence-electron chi connectivity index (χ3n) is 4.01. The summed E-state index contributed by atoms with van der Waals surface area (Å²) in [6, 6.07) is 10.4. The summed E-state index contributed by atoms with van der Waals surface area (Å²) in [5, 5.41) is 3.85. The third-order valence-corrected chi connectivity index (χ3v) is 4.01. The van der Waals surface area contributed by atoms with E-state index in [0.717, 1.165) is 25.8 Å². The topological polar surface area (TPSA) is 67.9 Å². The van der Waals surface area contributed by atoms with Gasteiger partial charge < -0.3 is 15.5 Å². The predicted molar refractivity (Wildman–Crippen MR) is 87.4 cm³/mol. The Bertz CT molecular complexity index is 502. The van der Waals surface area contributed by atoms with Crippen molar-refractivity contribution < 1.29 is 9.63 Å². The highest BCUT2D eigenvalue weighted by Crippen LogP contribution is 2.16. The molecular weight excluding hydrogens is 278 g/mol. The fourth-order valence-electron chi connectivity index (χ4n) is 2.68. The average Bonchev–Trinajstić information content (AvgIpc) is 2.54. The van der Waals surface area contributed by atoms with E-state index >= 15 is 0 Å². The fraction of sp³-hybridized carbons (Fsp3) is 0.529. The zero-order valence-electron chi connectivity index (χ0n) is 13.2. The number of carbonyl (C=O) groups is 1. The van der Waals surface area contributed by atoms with E-state index in [4.69, 9.17) is 10.6 Å². The first-order valence-corrected chi connectivity index (χ1v) is 7.94. The van der Waals surface area contributed by atoms with Gasteiger partial charge in [-0.2, -0.15) is 0 Å². The lowest BCUT2D eigenvalue weighted by atomic mass is 10.0. The SMILES string of the molecule is CC1CCCCN1C(=O)CO/N=C(\N)CCc1ccccc1. The van der Waals surface area contributed by atoms with E-state index in [1.165, 1.54) is 12.0 Å². The summed E-state index contributed by atoms with van der Waals surface area (Å²) in [6.45, 7) is 2.86. The summed E-state index contributed by atoms with van der Waals surface area (Å²) in [6.07, 6.45) is 4.76. The third kappa shape index (κ3) is 5.06. The molecule has 120 valence electrons. The van der Waals surface area contributed by atoms with Crippen LogP contribution >= 0.6 is 0 Å². The Labute approximate surface area is 132 Å². The zero-order valence-corrected chi connectivity index (χ0v) is 13.2. The first-order valence-electron chi connectivity index (χ1n) is 7.94. The van der Waals surface area contributed by atoms with Crippen molar-refractivity contribution in [2.45, 2.75) is 45.1 Å². The largest absolute Gasteiger partial charge is 0.384 e. The molecule has 0 aromatic heterocycles. The normalized spacial score (nSPS) is 19.0. The molecule has 1 heterocycles. The molecule has 22 heavy (non-hydrogen) atoms. The van der Waals surface area contributed by atoms with Crippen LogP contribution in [0.1, 0.15) is 38.2 Å². The van der Waals surface area contributed by atoms with E-state index in [-0.39, 0.29) is 12.5 Å². The molecule has 0 spiro atoms. The van der Waals surface area contributed by atoms with Crippen molar-refractivity contribution >= 4 is 11.7 Å². The summed E-state index contributed by atoms with van der Waals surface area (Å²) in [4.78, 5) is 19.1. The van der Waals surface area contributed by atoms with E-state index in [9.17, 15) is 4.79 Å². The first kappa shape index (κ1) is 16.3. The highest BCUT2D eigenvalue weighted by molar-refractivity contribution is 5.80. The molecule has 0 radical (unpaired) electrons. The summed E-state index contributed by atoms with van der Waals surface area (Å²) in [7, 11) is 0. The number of carbonyl (C=O) groups excluding carboxylic acids is 1. The van der Waals surface area contributed by atoms with Gasteiger partial charge in [-0.3, -0.25) is 4.79 Å². The quantitative estimate of drug-likeness (QED) is 0.498. The Morgan fingerprint density at radius 1 is 1.36 bits per heavy atom. The highest BCUT2D eigenvalue weighted by atomic mass is 16.6. The molecule has 1 aromatic rings. The number of benzene rings is 1. The second kappa shape index (κ2) is 8.41. The molecule has 5 nitrogen and oxygen atoms in total. The van der Waals surface area contributed by atoms with Gasteiger partial charge in [0.05, 0.1) is 0 Å². The molecule has 1 unspecified atom stereocenters. The van der Waals surface area contributed by atoms with Gasteiger partial charge in [-0.25, -0.2) is 0 Å². The number of piperidine rings is 1. The monoisotopic (exact) mass is 303 g/mol. The number of oxime groups is 1. The van der Waals surface area contributed by atoms with Crippen LogP contribution in [0.3, 0.4) is 0 Å². The lowest BCUT2D eigenvalue weighted by Gasteiger charge is -2.32. The van der Waals surface area contributed by atoms with Crippen LogP contribution in [0.15, 0.2) is 35.5 Å². The molecule has 1 amide bonds. The molecule has 1 fully saturated rings. The van der Waals surface area contributed by atoms with E-state index in [2.05, 4.69) is 24.2 Å². The van der Waals surface area contributed by atoms with E-state index < -0.39 is 0 Å². The van der Waals surface area contributed by atoms with Crippen molar-refractivity contribution in [1.82, 2.24) is 4.90 Å². The van der Waals surface area contributed by atoms with Gasteiger partial charge in [0.1, 0.15) is 5.84 Å². The van der Waals surface area contributed by atoms with Crippen LogP contribution < -0.4 is 5.73 Å². The average molecular weight is 303 g/mol. The lowest BCUT2D eigenvalue weighted by Crippen LogP contribution is -2.43. The van der Waals surface area contributed by atoms with Gasteiger partial charge in [0.25, 0.3) is 5.91 Å². The van der Waals surface area contributed by atoms with Crippen LogP contribution in [0.25, 0.3) is 0 Å². The predicted octanol–water partition coefficient (Wildman–Crippen LogP) is 2.31. The fourth-order valence-corrected chi connectivity index (χ4v) is 2.68. The van der Waals surface area contributed by atoms with E-state index in [1.54, 1.807) is 0 Å². The maximum absolute atomic E-state index is 12.1. The second-order valence-electron chi connectivity index (χ2n) is 5.77. The number of hydrogen-bond acceptors (Lipinski definition) is 3. The van der Waals surface area contributed by atoms with Crippen LogP contribution in [-0.2, 0) is 16.1 Å². The maximum atomic E-state index is 12.1. The number of likely N-dealkylation sites (tertiary alicyclic amines) is 1. The number of hydrogen-bond donors (Lipinski definition) is 1. The van der Waals surface area contributed by atoms with Crippen molar-refractivity contribution in [1.29, 1.82) is 0 Å².